The molecule has 0 radical (unpaired) electrons. The zero-order valence-corrected chi connectivity index (χ0v) is 15.2. The predicted octanol–water partition coefficient (Wildman–Crippen LogP) is 3.94. The first kappa shape index (κ1) is 17.0. The summed E-state index contributed by atoms with van der Waals surface area (Å²) in [6.07, 6.45) is 1.44. The second-order valence-electron chi connectivity index (χ2n) is 5.56. The fraction of sp³-hybridized carbons (Fsp3) is 0.0500. The Labute approximate surface area is 159 Å². The Morgan fingerprint density at radius 3 is 2.52 bits per heavy atom. The van der Waals surface area contributed by atoms with E-state index >= 15 is 0 Å². The van der Waals surface area contributed by atoms with Crippen LogP contribution in [0, 0.1) is 0 Å². The van der Waals surface area contributed by atoms with Crippen LogP contribution in [0.3, 0.4) is 0 Å². The molecule has 4 aromatic rings. The number of hydrogen-bond donors (Lipinski definition) is 0. The number of nitrogens with zero attached hydrogens (tertiary/aromatic N) is 3. The first-order valence-corrected chi connectivity index (χ1v) is 8.95. The molecule has 1 amide bonds. The lowest BCUT2D eigenvalue weighted by molar-refractivity contribution is 0.0972. The van der Waals surface area contributed by atoms with Crippen LogP contribution in [0.1, 0.15) is 10.6 Å². The molecule has 0 aliphatic rings. The highest BCUT2D eigenvalue weighted by atomic mass is 32.1. The molecule has 27 heavy (non-hydrogen) atoms. The van der Waals surface area contributed by atoms with Crippen LogP contribution in [0.5, 0.6) is 5.75 Å². The third-order valence-corrected chi connectivity index (χ3v) is 4.75. The molecule has 2 heterocycles. The van der Waals surface area contributed by atoms with Crippen LogP contribution in [0.2, 0.25) is 0 Å². The maximum Gasteiger partial charge on any atom is 0.315 e. The van der Waals surface area contributed by atoms with Gasteiger partial charge in [-0.05, 0) is 60.1 Å². The van der Waals surface area contributed by atoms with Crippen LogP contribution in [-0.4, -0.2) is 22.0 Å². The molecule has 0 atom stereocenters. The molecule has 0 saturated heterocycles. The minimum Gasteiger partial charge on any atom is -0.497 e. The van der Waals surface area contributed by atoms with E-state index in [4.69, 9.17) is 9.15 Å². The quantitative estimate of drug-likeness (QED) is 0.540. The van der Waals surface area contributed by atoms with Crippen molar-refractivity contribution in [2.45, 2.75) is 0 Å². The molecule has 0 aliphatic heterocycles. The molecule has 0 saturated carbocycles. The van der Waals surface area contributed by atoms with Crippen molar-refractivity contribution in [3.63, 3.8) is 0 Å². The van der Waals surface area contributed by atoms with Gasteiger partial charge in [0.05, 0.1) is 19.1 Å². The third kappa shape index (κ3) is 3.58. The van der Waals surface area contributed by atoms with Gasteiger partial charge in [0.25, 0.3) is 0 Å². The first-order chi connectivity index (χ1) is 13.2. The number of aromatic nitrogens is 2. The number of amides is 1. The number of furan rings is 1. The van der Waals surface area contributed by atoms with E-state index in [2.05, 4.69) is 9.98 Å². The summed E-state index contributed by atoms with van der Waals surface area (Å²) in [5.41, 5.74) is 1.83. The van der Waals surface area contributed by atoms with Gasteiger partial charge in [-0.25, -0.2) is 3.96 Å². The number of para-hydroxylation sites is 1. The number of hydrogen-bond acceptors (Lipinski definition) is 5. The molecule has 7 heteroatoms. The van der Waals surface area contributed by atoms with Crippen molar-refractivity contribution in [3.05, 3.63) is 83.6 Å². The van der Waals surface area contributed by atoms with E-state index in [-0.39, 0.29) is 5.76 Å². The number of rotatable bonds is 4. The average Bonchev–Trinajstić information content (AvgIpc) is 3.39. The number of ether oxygens (including phenoxy) is 1. The molecule has 0 N–H and O–H groups in total. The van der Waals surface area contributed by atoms with E-state index in [1.165, 1.54) is 17.8 Å². The Morgan fingerprint density at radius 1 is 1.07 bits per heavy atom. The summed E-state index contributed by atoms with van der Waals surface area (Å²) in [6, 6.07) is 20.6. The zero-order valence-electron chi connectivity index (χ0n) is 14.4. The maximum atomic E-state index is 12.2. The summed E-state index contributed by atoms with van der Waals surface area (Å²) in [4.78, 5) is 21.3. The van der Waals surface area contributed by atoms with Gasteiger partial charge in [0.15, 0.2) is 11.6 Å². The second-order valence-corrected chi connectivity index (χ2v) is 6.47. The van der Waals surface area contributed by atoms with Gasteiger partial charge in [0.1, 0.15) is 5.75 Å². The van der Waals surface area contributed by atoms with E-state index in [1.807, 2.05) is 58.6 Å². The monoisotopic (exact) mass is 377 g/mol. The van der Waals surface area contributed by atoms with Crippen molar-refractivity contribution in [2.24, 2.45) is 4.99 Å². The van der Waals surface area contributed by atoms with E-state index in [0.717, 1.165) is 17.0 Å². The summed E-state index contributed by atoms with van der Waals surface area (Å²) < 4.78 is 12.3. The average molecular weight is 377 g/mol. The Hall–Kier alpha value is -3.45. The molecule has 0 unspecified atom stereocenters. The van der Waals surface area contributed by atoms with Crippen molar-refractivity contribution in [1.82, 2.24) is 8.94 Å². The van der Waals surface area contributed by atoms with Gasteiger partial charge in [-0.1, -0.05) is 18.2 Å². The number of benzene rings is 2. The number of carbonyl (C=O) groups is 1. The minimum absolute atomic E-state index is 0.183. The second kappa shape index (κ2) is 7.43. The van der Waals surface area contributed by atoms with E-state index in [0.29, 0.717) is 10.6 Å². The summed E-state index contributed by atoms with van der Waals surface area (Å²) >= 11 is 1.29. The highest BCUT2D eigenvalue weighted by Crippen LogP contribution is 2.24. The zero-order chi connectivity index (χ0) is 18.6. The van der Waals surface area contributed by atoms with Gasteiger partial charge >= 0.3 is 5.91 Å². The fourth-order valence-electron chi connectivity index (χ4n) is 2.53. The highest BCUT2D eigenvalue weighted by Gasteiger charge is 2.13. The normalized spacial score (nSPS) is 11.5. The van der Waals surface area contributed by atoms with Crippen LogP contribution < -0.4 is 9.54 Å². The smallest absolute Gasteiger partial charge is 0.315 e. The lowest BCUT2D eigenvalue weighted by Crippen LogP contribution is -2.04. The Bertz CT molecular complexity index is 1110. The van der Waals surface area contributed by atoms with Gasteiger partial charge < -0.3 is 9.15 Å². The maximum absolute atomic E-state index is 12.2. The van der Waals surface area contributed by atoms with Crippen LogP contribution in [0.15, 0.2) is 82.4 Å². The molecule has 2 aromatic carbocycles. The van der Waals surface area contributed by atoms with Gasteiger partial charge in [-0.3, -0.25) is 4.79 Å². The van der Waals surface area contributed by atoms with E-state index < -0.39 is 5.91 Å². The molecule has 0 bridgehead atoms. The highest BCUT2D eigenvalue weighted by molar-refractivity contribution is 7.04. The summed E-state index contributed by atoms with van der Waals surface area (Å²) in [5.74, 6) is 1.18. The first-order valence-electron chi connectivity index (χ1n) is 8.17. The fourth-order valence-corrected chi connectivity index (χ4v) is 3.40. The Kier molecular flexibility index (Phi) is 4.67. The van der Waals surface area contributed by atoms with Crippen molar-refractivity contribution >= 4 is 17.4 Å². The number of methoxy groups -OCH3 is 1. The van der Waals surface area contributed by atoms with Crippen LogP contribution >= 0.6 is 11.5 Å². The SMILES string of the molecule is COc1ccc(-c2nc(=NC(=O)c3ccco3)sn2-c2ccccc2)cc1. The molecular weight excluding hydrogens is 362 g/mol. The summed E-state index contributed by atoms with van der Waals surface area (Å²) in [7, 11) is 1.62. The lowest BCUT2D eigenvalue weighted by Gasteiger charge is -2.06. The molecular formula is C20H15N3O3S. The predicted molar refractivity (Wildman–Crippen MR) is 102 cm³/mol. The third-order valence-electron chi connectivity index (χ3n) is 3.83. The molecule has 4 rings (SSSR count). The van der Waals surface area contributed by atoms with E-state index in [1.54, 1.807) is 19.2 Å². The van der Waals surface area contributed by atoms with E-state index in [9.17, 15) is 4.79 Å². The minimum atomic E-state index is -0.463. The molecule has 0 aliphatic carbocycles. The van der Waals surface area contributed by atoms with Crippen molar-refractivity contribution in [3.8, 4) is 22.8 Å². The van der Waals surface area contributed by atoms with Crippen LogP contribution in [-0.2, 0) is 0 Å². The molecule has 134 valence electrons. The molecule has 0 fully saturated rings. The van der Waals surface area contributed by atoms with Crippen LogP contribution in [0.4, 0.5) is 0 Å². The Morgan fingerprint density at radius 2 is 1.85 bits per heavy atom. The summed E-state index contributed by atoms with van der Waals surface area (Å²) in [5, 5.41) is 0. The topological polar surface area (TPSA) is 69.6 Å². The van der Waals surface area contributed by atoms with Crippen molar-refractivity contribution in [2.75, 3.05) is 7.11 Å². The Balaban J connectivity index is 1.83. The van der Waals surface area contributed by atoms with Gasteiger partial charge in [-0.2, -0.15) is 9.98 Å². The lowest BCUT2D eigenvalue weighted by atomic mass is 10.2. The molecule has 6 nitrogen and oxygen atoms in total. The molecule has 2 aromatic heterocycles. The van der Waals surface area contributed by atoms with Gasteiger partial charge in [-0.15, -0.1) is 0 Å². The van der Waals surface area contributed by atoms with Crippen molar-refractivity contribution in [1.29, 1.82) is 0 Å². The molecule has 0 spiro atoms. The summed E-state index contributed by atoms with van der Waals surface area (Å²) in [6.45, 7) is 0. The van der Waals surface area contributed by atoms with Crippen molar-refractivity contribution < 1.29 is 13.9 Å². The van der Waals surface area contributed by atoms with Gasteiger partial charge in [0.2, 0.25) is 4.80 Å². The van der Waals surface area contributed by atoms with Gasteiger partial charge in [0, 0.05) is 5.56 Å². The standard InChI is InChI=1S/C20H15N3O3S/c1-25-16-11-9-14(10-12-16)18-21-20(22-19(24)17-8-5-13-26-17)27-23(18)15-6-3-2-4-7-15/h2-13H,1H3. The number of carbonyl (C=O) groups excluding carboxylic acids is 1. The largest absolute Gasteiger partial charge is 0.497 e. The van der Waals surface area contributed by atoms with Crippen LogP contribution in [0.25, 0.3) is 17.1 Å².